The van der Waals surface area contributed by atoms with Gasteiger partial charge in [0.25, 0.3) is 0 Å². The molecular weight excluding hydrogens is 625 g/mol. The Labute approximate surface area is 333 Å². The third-order valence-corrected chi connectivity index (χ3v) is 9.57. The van der Waals surface area contributed by atoms with E-state index in [1.165, 1.54) is 192 Å². The van der Waals surface area contributed by atoms with Crippen LogP contribution in [0.3, 0.4) is 0 Å². The quantitative estimate of drug-likeness (QED) is 0.0451. The lowest BCUT2D eigenvalue weighted by Crippen LogP contribution is -2.11. The van der Waals surface area contributed by atoms with E-state index in [0.29, 0.717) is 5.41 Å². The van der Waals surface area contributed by atoms with E-state index >= 15 is 0 Å². The average Bonchev–Trinajstić information content (AvgIpc) is 3.15. The fourth-order valence-electron chi connectivity index (χ4n) is 6.16. The second-order valence-electron chi connectivity index (χ2n) is 15.6. The summed E-state index contributed by atoms with van der Waals surface area (Å²) in [5.74, 6) is 0. The van der Waals surface area contributed by atoms with Crippen molar-refractivity contribution >= 4 is 0 Å². The van der Waals surface area contributed by atoms with Gasteiger partial charge in [0.2, 0.25) is 0 Å². The minimum Gasteiger partial charge on any atom is -0.100 e. The van der Waals surface area contributed by atoms with Gasteiger partial charge < -0.3 is 0 Å². The summed E-state index contributed by atoms with van der Waals surface area (Å²) in [6.45, 7) is 25.7. The topological polar surface area (TPSA) is 0 Å². The van der Waals surface area contributed by atoms with Crippen molar-refractivity contribution < 1.29 is 0 Å². The predicted octanol–water partition coefficient (Wildman–Crippen LogP) is 20.0. The molecule has 0 aromatic carbocycles. The summed E-state index contributed by atoms with van der Waals surface area (Å²) in [6.07, 6.45) is 60.8. The molecule has 0 fully saturated rings. The van der Waals surface area contributed by atoms with E-state index in [2.05, 4.69) is 96.7 Å². The van der Waals surface area contributed by atoms with E-state index in [1.807, 2.05) is 27.7 Å². The van der Waals surface area contributed by atoms with E-state index in [0.717, 1.165) is 12.8 Å². The first-order chi connectivity index (χ1) is 25.4. The lowest BCUT2D eigenvalue weighted by molar-refractivity contribution is 0.282. The van der Waals surface area contributed by atoms with Crippen LogP contribution in [-0.4, -0.2) is 0 Å². The van der Waals surface area contributed by atoms with Gasteiger partial charge in [-0.15, -0.1) is 6.58 Å². The zero-order chi connectivity index (χ0) is 39.7. The average molecular weight is 727 g/mol. The predicted molar refractivity (Wildman–Crippen MR) is 248 cm³/mol. The molecule has 0 saturated carbocycles. The Hall–Kier alpha value is -1.30. The molecule has 0 spiro atoms. The van der Waals surface area contributed by atoms with Gasteiger partial charge in [0.05, 0.1) is 0 Å². The molecule has 0 N–H and O–H groups in total. The van der Waals surface area contributed by atoms with Gasteiger partial charge in [-0.05, 0) is 102 Å². The first-order valence-electron chi connectivity index (χ1n) is 23.6. The maximum absolute atomic E-state index is 3.85. The van der Waals surface area contributed by atoms with Crippen LogP contribution in [0.4, 0.5) is 0 Å². The van der Waals surface area contributed by atoms with Gasteiger partial charge in [0.15, 0.2) is 0 Å². The molecule has 0 unspecified atom stereocenters. The molecular formula is C52H102. The molecule has 0 aliphatic rings. The molecule has 0 bridgehead atoms. The van der Waals surface area contributed by atoms with Crippen LogP contribution in [0, 0.1) is 5.41 Å². The van der Waals surface area contributed by atoms with Gasteiger partial charge >= 0.3 is 0 Å². The molecule has 0 aromatic heterocycles. The molecule has 0 rings (SSSR count). The SMILES string of the molecule is C=C(C)CCCCCC.CC.CC.CCCCC/C=C\C/C=C\CCCCCCCCC(C)(C)CCCCCCCC/C=C\C/C=C\CCCCC. The fourth-order valence-corrected chi connectivity index (χ4v) is 6.16. The fraction of sp³-hybridized carbons (Fsp3) is 0.808. The van der Waals surface area contributed by atoms with Crippen LogP contribution < -0.4 is 0 Å². The molecule has 0 atom stereocenters. The van der Waals surface area contributed by atoms with E-state index in [9.17, 15) is 0 Å². The molecule has 52 heavy (non-hydrogen) atoms. The third-order valence-electron chi connectivity index (χ3n) is 9.57. The van der Waals surface area contributed by atoms with E-state index < -0.39 is 0 Å². The molecule has 0 heterocycles. The largest absolute Gasteiger partial charge is 0.100 e. The van der Waals surface area contributed by atoms with Crippen molar-refractivity contribution in [3.05, 3.63) is 60.8 Å². The zero-order valence-corrected chi connectivity index (χ0v) is 38.2. The highest BCUT2D eigenvalue weighted by Crippen LogP contribution is 2.30. The van der Waals surface area contributed by atoms with E-state index in [4.69, 9.17) is 0 Å². The highest BCUT2D eigenvalue weighted by molar-refractivity contribution is 4.93. The van der Waals surface area contributed by atoms with Gasteiger partial charge in [-0.1, -0.05) is 226 Å². The van der Waals surface area contributed by atoms with Crippen LogP contribution in [-0.2, 0) is 0 Å². The zero-order valence-electron chi connectivity index (χ0n) is 38.2. The Balaban J connectivity index is -0.000000756. The van der Waals surface area contributed by atoms with Crippen molar-refractivity contribution in [2.75, 3.05) is 0 Å². The van der Waals surface area contributed by atoms with Crippen LogP contribution in [0.1, 0.15) is 268 Å². The lowest BCUT2D eigenvalue weighted by Gasteiger charge is -2.24. The molecule has 0 nitrogen and oxygen atoms in total. The summed E-state index contributed by atoms with van der Waals surface area (Å²) >= 11 is 0. The van der Waals surface area contributed by atoms with Gasteiger partial charge in [-0.25, -0.2) is 0 Å². The normalized spacial score (nSPS) is 11.5. The van der Waals surface area contributed by atoms with Crippen molar-refractivity contribution in [1.29, 1.82) is 0 Å². The Morgan fingerprint density at radius 2 is 0.654 bits per heavy atom. The summed E-state index contributed by atoms with van der Waals surface area (Å²) in [7, 11) is 0. The van der Waals surface area contributed by atoms with Gasteiger partial charge in [0.1, 0.15) is 0 Å². The van der Waals surface area contributed by atoms with E-state index in [-0.39, 0.29) is 0 Å². The van der Waals surface area contributed by atoms with Crippen LogP contribution in [0.15, 0.2) is 60.8 Å². The first kappa shape index (κ1) is 57.4. The van der Waals surface area contributed by atoms with Crippen molar-refractivity contribution in [2.45, 2.75) is 268 Å². The maximum Gasteiger partial charge on any atom is -0.0169 e. The summed E-state index contributed by atoms with van der Waals surface area (Å²) in [5.41, 5.74) is 1.87. The monoisotopic (exact) mass is 727 g/mol. The molecule has 0 aliphatic carbocycles. The van der Waals surface area contributed by atoms with Gasteiger partial charge in [-0.3, -0.25) is 0 Å². The molecule has 0 heteroatoms. The Kier molecular flexibility index (Phi) is 59.7. The van der Waals surface area contributed by atoms with E-state index in [1.54, 1.807) is 0 Å². The molecule has 0 aromatic rings. The first-order valence-corrected chi connectivity index (χ1v) is 23.6. The molecule has 310 valence electrons. The van der Waals surface area contributed by atoms with Crippen LogP contribution in [0.2, 0.25) is 0 Å². The minimum absolute atomic E-state index is 0.546. The van der Waals surface area contributed by atoms with Crippen molar-refractivity contribution in [3.63, 3.8) is 0 Å². The number of unbranched alkanes of at least 4 members (excludes halogenated alkanes) is 21. The Bertz CT molecular complexity index is 679. The summed E-state index contributed by atoms with van der Waals surface area (Å²) in [5, 5.41) is 0. The number of hydrogen-bond acceptors (Lipinski definition) is 0. The third kappa shape index (κ3) is 60.8. The molecule has 0 aliphatic heterocycles. The number of allylic oxidation sites excluding steroid dienone is 9. The van der Waals surface area contributed by atoms with Crippen LogP contribution in [0.5, 0.6) is 0 Å². The van der Waals surface area contributed by atoms with Crippen molar-refractivity contribution in [3.8, 4) is 0 Å². The summed E-state index contributed by atoms with van der Waals surface area (Å²) in [4.78, 5) is 0. The van der Waals surface area contributed by atoms with Crippen LogP contribution in [0.25, 0.3) is 0 Å². The van der Waals surface area contributed by atoms with Crippen LogP contribution >= 0.6 is 0 Å². The second-order valence-corrected chi connectivity index (χ2v) is 15.6. The summed E-state index contributed by atoms with van der Waals surface area (Å²) in [6, 6.07) is 0. The Morgan fingerprint density at radius 3 is 0.981 bits per heavy atom. The maximum atomic E-state index is 3.85. The van der Waals surface area contributed by atoms with Gasteiger partial charge in [-0.2, -0.15) is 0 Å². The molecule has 0 amide bonds. The van der Waals surface area contributed by atoms with Crippen molar-refractivity contribution in [1.82, 2.24) is 0 Å². The lowest BCUT2D eigenvalue weighted by atomic mass is 9.82. The highest BCUT2D eigenvalue weighted by atomic mass is 14.2. The smallest absolute Gasteiger partial charge is 0.0169 e. The standard InChI is InChI=1S/C39H72.C9H18.2C2H6/c1-5-7-9-11-13-15-17-19-21-23-25-27-29-31-33-35-37-39(3,4)38-36-34-32-30-28-26-24-22-20-18-16-14-12-10-8-6-2;1-4-5-6-7-8-9(2)3;2*1-2/h13-16,19-22H,5-12,17-18,23-38H2,1-4H3;2,4-8H2,1,3H3;2*1-2H3/b15-13-,16-14-,21-19-,22-20-;;;. The minimum atomic E-state index is 0.546. The van der Waals surface area contributed by atoms with Gasteiger partial charge in [0, 0.05) is 0 Å². The number of hydrogen-bond donors (Lipinski definition) is 0. The molecule has 0 saturated heterocycles. The molecule has 0 radical (unpaired) electrons. The number of rotatable bonds is 35. The van der Waals surface area contributed by atoms with Crippen molar-refractivity contribution in [2.24, 2.45) is 5.41 Å². The summed E-state index contributed by atoms with van der Waals surface area (Å²) < 4.78 is 0. The Morgan fingerprint density at radius 1 is 0.385 bits per heavy atom. The second kappa shape index (κ2) is 54.0. The highest BCUT2D eigenvalue weighted by Gasteiger charge is 2.16.